The lowest BCUT2D eigenvalue weighted by Gasteiger charge is -2.16. The lowest BCUT2D eigenvalue weighted by Crippen LogP contribution is -2.23. The maximum absolute atomic E-state index is 12.6. The number of carbonyl (C=O) groups is 2. The first-order chi connectivity index (χ1) is 16.6. The van der Waals surface area contributed by atoms with E-state index in [1.807, 2.05) is 53.7 Å². The number of rotatable bonds is 8. The molecule has 0 spiro atoms. The van der Waals surface area contributed by atoms with Crippen LogP contribution in [0.1, 0.15) is 36.2 Å². The van der Waals surface area contributed by atoms with E-state index in [4.69, 9.17) is 4.74 Å². The molecule has 1 amide bonds. The van der Waals surface area contributed by atoms with Crippen LogP contribution in [-0.4, -0.2) is 46.9 Å². The number of ether oxygens (including phenoxy) is 1. The molecule has 0 unspecified atom stereocenters. The lowest BCUT2D eigenvalue weighted by molar-refractivity contribution is -0.117. The Morgan fingerprint density at radius 2 is 1.91 bits per heavy atom. The fourth-order valence-electron chi connectivity index (χ4n) is 4.44. The van der Waals surface area contributed by atoms with E-state index in [1.54, 1.807) is 13.3 Å². The lowest BCUT2D eigenvalue weighted by atomic mass is 10.0. The van der Waals surface area contributed by atoms with Gasteiger partial charge in [-0.2, -0.15) is 0 Å². The molecule has 0 bridgehead atoms. The zero-order valence-corrected chi connectivity index (χ0v) is 19.1. The number of ketones is 1. The minimum Gasteiger partial charge on any atom is -0.385 e. The number of pyridine rings is 2. The van der Waals surface area contributed by atoms with Crippen LogP contribution in [0.3, 0.4) is 0 Å². The average molecular weight is 455 g/mol. The summed E-state index contributed by atoms with van der Waals surface area (Å²) in [6.45, 7) is 1.34. The van der Waals surface area contributed by atoms with Gasteiger partial charge < -0.3 is 14.6 Å². The molecule has 34 heavy (non-hydrogen) atoms. The topological polar surface area (TPSA) is 88.2 Å². The number of hydrogen-bond donors (Lipinski definition) is 1. The summed E-state index contributed by atoms with van der Waals surface area (Å²) in [6.07, 6.45) is 8.03. The van der Waals surface area contributed by atoms with Crippen molar-refractivity contribution in [2.75, 3.05) is 25.2 Å². The SMILES string of the molecule is COCCCC(=O)c1cc2c(-c3cncc(-c4ccc(N5CCCC5=O)cc4)c3)ccnc2[nH]1. The largest absolute Gasteiger partial charge is 0.385 e. The first kappa shape index (κ1) is 22.0. The number of aromatic nitrogens is 3. The summed E-state index contributed by atoms with van der Waals surface area (Å²) >= 11 is 0. The summed E-state index contributed by atoms with van der Waals surface area (Å²) in [6, 6.07) is 13.9. The van der Waals surface area contributed by atoms with Gasteiger partial charge in [-0.1, -0.05) is 12.1 Å². The van der Waals surface area contributed by atoms with Crippen molar-refractivity contribution >= 4 is 28.4 Å². The number of nitrogens with one attached hydrogen (secondary N) is 1. The maximum Gasteiger partial charge on any atom is 0.227 e. The molecule has 1 aliphatic rings. The normalized spacial score (nSPS) is 13.7. The summed E-state index contributed by atoms with van der Waals surface area (Å²) in [5.41, 5.74) is 6.08. The molecule has 0 aliphatic carbocycles. The van der Waals surface area contributed by atoms with E-state index in [2.05, 4.69) is 21.0 Å². The van der Waals surface area contributed by atoms with Crippen LogP contribution in [-0.2, 0) is 9.53 Å². The monoisotopic (exact) mass is 454 g/mol. The van der Waals surface area contributed by atoms with Crippen molar-refractivity contribution in [3.63, 3.8) is 0 Å². The van der Waals surface area contributed by atoms with Crippen molar-refractivity contribution in [1.82, 2.24) is 15.0 Å². The van der Waals surface area contributed by atoms with Gasteiger partial charge in [0.1, 0.15) is 5.65 Å². The quantitative estimate of drug-likeness (QED) is 0.298. The minimum atomic E-state index is 0.0458. The molecule has 4 aromatic rings. The number of methoxy groups -OCH3 is 1. The molecule has 1 aromatic carbocycles. The highest BCUT2D eigenvalue weighted by atomic mass is 16.5. The zero-order chi connectivity index (χ0) is 23.5. The van der Waals surface area contributed by atoms with E-state index in [0.29, 0.717) is 37.2 Å². The molecule has 7 heteroatoms. The molecule has 1 saturated heterocycles. The molecule has 0 radical (unpaired) electrons. The number of nitrogens with zero attached hydrogens (tertiary/aromatic N) is 3. The van der Waals surface area contributed by atoms with Crippen LogP contribution in [0.5, 0.6) is 0 Å². The van der Waals surface area contributed by atoms with Gasteiger partial charge in [0.2, 0.25) is 5.91 Å². The minimum absolute atomic E-state index is 0.0458. The fourth-order valence-corrected chi connectivity index (χ4v) is 4.44. The smallest absolute Gasteiger partial charge is 0.227 e. The Balaban J connectivity index is 1.43. The van der Waals surface area contributed by atoms with Gasteiger partial charge in [-0.15, -0.1) is 0 Å². The van der Waals surface area contributed by atoms with Gasteiger partial charge in [-0.3, -0.25) is 14.6 Å². The number of fused-ring (bicyclic) bond motifs is 1. The summed E-state index contributed by atoms with van der Waals surface area (Å²) in [4.78, 5) is 38.5. The number of amides is 1. The van der Waals surface area contributed by atoms with Gasteiger partial charge in [0, 0.05) is 73.9 Å². The number of Topliss-reactive ketones (excluding diaryl/α,β-unsaturated/α-hetero) is 1. The van der Waals surface area contributed by atoms with Gasteiger partial charge in [-0.25, -0.2) is 4.98 Å². The number of H-pyrrole nitrogens is 1. The highest BCUT2D eigenvalue weighted by Crippen LogP contribution is 2.32. The van der Waals surface area contributed by atoms with Crippen molar-refractivity contribution in [3.8, 4) is 22.3 Å². The Kier molecular flexibility index (Phi) is 6.18. The number of hydrogen-bond acceptors (Lipinski definition) is 5. The second kappa shape index (κ2) is 9.57. The summed E-state index contributed by atoms with van der Waals surface area (Å²) < 4.78 is 5.05. The molecule has 7 nitrogen and oxygen atoms in total. The average Bonchev–Trinajstić information content (AvgIpc) is 3.50. The Hall–Kier alpha value is -3.84. The highest BCUT2D eigenvalue weighted by molar-refractivity contribution is 6.02. The third-order valence-corrected chi connectivity index (χ3v) is 6.22. The first-order valence-corrected chi connectivity index (χ1v) is 11.5. The molecule has 3 aromatic heterocycles. The molecular weight excluding hydrogens is 428 g/mol. The van der Waals surface area contributed by atoms with E-state index in [-0.39, 0.29) is 11.7 Å². The fraction of sp³-hybridized carbons (Fsp3) is 0.259. The van der Waals surface area contributed by atoms with Gasteiger partial charge in [0.05, 0.1) is 5.69 Å². The van der Waals surface area contributed by atoms with Gasteiger partial charge in [-0.05, 0) is 54.3 Å². The van der Waals surface area contributed by atoms with Crippen LogP contribution >= 0.6 is 0 Å². The van der Waals surface area contributed by atoms with Crippen molar-refractivity contribution in [2.24, 2.45) is 0 Å². The van der Waals surface area contributed by atoms with Crippen molar-refractivity contribution in [3.05, 3.63) is 66.7 Å². The van der Waals surface area contributed by atoms with E-state index in [9.17, 15) is 9.59 Å². The predicted octanol–water partition coefficient (Wildman–Crippen LogP) is 5.03. The van der Waals surface area contributed by atoms with Gasteiger partial charge in [0.15, 0.2) is 5.78 Å². The van der Waals surface area contributed by atoms with Gasteiger partial charge in [0.25, 0.3) is 0 Å². The third-order valence-electron chi connectivity index (χ3n) is 6.22. The number of carbonyl (C=O) groups excluding carboxylic acids is 2. The van der Waals surface area contributed by atoms with Gasteiger partial charge >= 0.3 is 0 Å². The second-order valence-electron chi connectivity index (χ2n) is 8.48. The summed E-state index contributed by atoms with van der Waals surface area (Å²) in [7, 11) is 1.63. The number of aromatic amines is 1. The molecular formula is C27H26N4O3. The molecule has 172 valence electrons. The summed E-state index contributed by atoms with van der Waals surface area (Å²) in [5, 5.41) is 0.888. The maximum atomic E-state index is 12.6. The zero-order valence-electron chi connectivity index (χ0n) is 19.1. The Labute approximate surface area is 197 Å². The van der Waals surface area contributed by atoms with Crippen molar-refractivity contribution in [1.29, 1.82) is 0 Å². The Morgan fingerprint density at radius 1 is 1.09 bits per heavy atom. The molecule has 5 rings (SSSR count). The van der Waals surface area contributed by atoms with Crippen LogP contribution in [0.4, 0.5) is 5.69 Å². The van der Waals surface area contributed by atoms with Crippen LogP contribution in [0.25, 0.3) is 33.3 Å². The van der Waals surface area contributed by atoms with Crippen LogP contribution < -0.4 is 4.90 Å². The molecule has 0 saturated carbocycles. The van der Waals surface area contributed by atoms with E-state index in [0.717, 1.165) is 46.3 Å². The molecule has 1 N–H and O–H groups in total. The number of anilines is 1. The summed E-state index contributed by atoms with van der Waals surface area (Å²) in [5.74, 6) is 0.227. The second-order valence-corrected chi connectivity index (χ2v) is 8.48. The van der Waals surface area contributed by atoms with Crippen molar-refractivity contribution < 1.29 is 14.3 Å². The van der Waals surface area contributed by atoms with E-state index in [1.165, 1.54) is 0 Å². The Bertz CT molecular complexity index is 1340. The van der Waals surface area contributed by atoms with Crippen LogP contribution in [0.15, 0.2) is 61.1 Å². The van der Waals surface area contributed by atoms with E-state index >= 15 is 0 Å². The predicted molar refractivity (Wildman–Crippen MR) is 132 cm³/mol. The Morgan fingerprint density at radius 3 is 2.68 bits per heavy atom. The molecule has 1 fully saturated rings. The third kappa shape index (κ3) is 4.34. The number of benzene rings is 1. The van der Waals surface area contributed by atoms with Crippen LogP contribution in [0.2, 0.25) is 0 Å². The van der Waals surface area contributed by atoms with Crippen LogP contribution in [0, 0.1) is 0 Å². The standard InChI is InChI=1S/C27H26N4O3/c1-34-13-3-4-25(32)24-15-23-22(10-11-29-27(23)30-24)20-14-19(16-28-17-20)18-6-8-21(9-7-18)31-12-2-5-26(31)33/h6-11,14-17H,2-5,12-13H2,1H3,(H,29,30). The highest BCUT2D eigenvalue weighted by Gasteiger charge is 2.21. The first-order valence-electron chi connectivity index (χ1n) is 11.5. The molecule has 4 heterocycles. The van der Waals surface area contributed by atoms with Crippen molar-refractivity contribution in [2.45, 2.75) is 25.7 Å². The molecule has 1 aliphatic heterocycles. The molecule has 0 atom stereocenters. The van der Waals surface area contributed by atoms with E-state index < -0.39 is 0 Å².